The lowest BCUT2D eigenvalue weighted by Gasteiger charge is -2.23. The molecule has 2 rings (SSSR count). The van der Waals surface area contributed by atoms with Crippen molar-refractivity contribution in [3.63, 3.8) is 0 Å². The molecule has 0 aromatic heterocycles. The average Bonchev–Trinajstić information content (AvgIpc) is 2.74. The summed E-state index contributed by atoms with van der Waals surface area (Å²) in [7, 11) is 4.29. The Hall–Kier alpha value is -0.870. The summed E-state index contributed by atoms with van der Waals surface area (Å²) < 4.78 is 0.866. The van der Waals surface area contributed by atoms with Crippen LogP contribution >= 0.6 is 15.9 Å². The quantitative estimate of drug-likeness (QED) is 0.799. The van der Waals surface area contributed by atoms with Crippen LogP contribution in [0.1, 0.15) is 16.8 Å². The highest BCUT2D eigenvalue weighted by molar-refractivity contribution is 9.10. The van der Waals surface area contributed by atoms with Gasteiger partial charge in [-0.15, -0.1) is 0 Å². The van der Waals surface area contributed by atoms with Gasteiger partial charge in [0.2, 0.25) is 0 Å². The van der Waals surface area contributed by atoms with Gasteiger partial charge in [-0.1, -0.05) is 0 Å². The van der Waals surface area contributed by atoms with E-state index in [0.29, 0.717) is 5.56 Å². The molecule has 1 fully saturated rings. The second-order valence-electron chi connectivity index (χ2n) is 5.12. The van der Waals surface area contributed by atoms with Gasteiger partial charge in [0.15, 0.2) is 6.29 Å². The molecule has 0 radical (unpaired) electrons. The summed E-state index contributed by atoms with van der Waals surface area (Å²) in [4.78, 5) is 15.4. The first-order chi connectivity index (χ1) is 8.60. The van der Waals surface area contributed by atoms with E-state index in [9.17, 15) is 4.79 Å². The molecule has 1 aromatic carbocycles. The van der Waals surface area contributed by atoms with E-state index in [0.717, 1.165) is 28.9 Å². The molecule has 98 valence electrons. The van der Waals surface area contributed by atoms with E-state index in [1.54, 1.807) is 0 Å². The normalized spacial score (nSPS) is 20.1. The Kier molecular flexibility index (Phi) is 4.40. The largest absolute Gasteiger partial charge is 0.374 e. The zero-order valence-electron chi connectivity index (χ0n) is 10.9. The third-order valence-electron chi connectivity index (χ3n) is 3.57. The fraction of sp³-hybridized carbons (Fsp3) is 0.500. The smallest absolute Gasteiger partial charge is 0.151 e. The Balaban J connectivity index is 2.02. The SMILES string of the molecule is CN1CCC(CN(C)c2ccc(C=O)c(Br)c2)C1. The zero-order chi connectivity index (χ0) is 13.1. The summed E-state index contributed by atoms with van der Waals surface area (Å²) in [6.45, 7) is 3.45. The van der Waals surface area contributed by atoms with Crippen LogP contribution in [0.5, 0.6) is 0 Å². The lowest BCUT2D eigenvalue weighted by atomic mass is 10.1. The number of aldehydes is 1. The first-order valence-electron chi connectivity index (χ1n) is 6.24. The number of hydrogen-bond acceptors (Lipinski definition) is 3. The van der Waals surface area contributed by atoms with Crippen LogP contribution in [0, 0.1) is 5.92 Å². The van der Waals surface area contributed by atoms with E-state index in [1.807, 2.05) is 18.2 Å². The van der Waals surface area contributed by atoms with Crippen molar-refractivity contribution < 1.29 is 4.79 Å². The Labute approximate surface area is 117 Å². The fourth-order valence-corrected chi connectivity index (χ4v) is 2.98. The maximum atomic E-state index is 10.8. The molecule has 4 heteroatoms. The highest BCUT2D eigenvalue weighted by Crippen LogP contribution is 2.24. The monoisotopic (exact) mass is 310 g/mol. The van der Waals surface area contributed by atoms with Gasteiger partial charge in [0.1, 0.15) is 0 Å². The Morgan fingerprint density at radius 1 is 1.56 bits per heavy atom. The standard InChI is InChI=1S/C14H19BrN2O/c1-16-6-5-11(8-16)9-17(2)13-4-3-12(10-18)14(15)7-13/h3-4,7,10-11H,5-6,8-9H2,1-2H3. The summed E-state index contributed by atoms with van der Waals surface area (Å²) in [5, 5.41) is 0. The predicted octanol–water partition coefficient (Wildman–Crippen LogP) is 2.65. The first kappa shape index (κ1) is 13.6. The van der Waals surface area contributed by atoms with Crippen LogP contribution in [0.15, 0.2) is 22.7 Å². The molecule has 0 spiro atoms. The van der Waals surface area contributed by atoms with E-state index in [-0.39, 0.29) is 0 Å². The van der Waals surface area contributed by atoms with Crippen molar-refractivity contribution in [2.75, 3.05) is 38.6 Å². The van der Waals surface area contributed by atoms with Crippen molar-refractivity contribution in [2.45, 2.75) is 6.42 Å². The summed E-state index contributed by atoms with van der Waals surface area (Å²) in [6.07, 6.45) is 2.15. The van der Waals surface area contributed by atoms with Crippen molar-refractivity contribution in [1.82, 2.24) is 4.90 Å². The maximum Gasteiger partial charge on any atom is 0.151 e. The fourth-order valence-electron chi connectivity index (χ4n) is 2.52. The number of anilines is 1. The van der Waals surface area contributed by atoms with Gasteiger partial charge in [-0.05, 0) is 60.1 Å². The number of benzene rings is 1. The van der Waals surface area contributed by atoms with Gasteiger partial charge in [0, 0.05) is 35.9 Å². The second-order valence-corrected chi connectivity index (χ2v) is 5.98. The molecule has 1 heterocycles. The van der Waals surface area contributed by atoms with Gasteiger partial charge >= 0.3 is 0 Å². The van der Waals surface area contributed by atoms with Gasteiger partial charge in [0.25, 0.3) is 0 Å². The molecule has 0 aliphatic carbocycles. The first-order valence-corrected chi connectivity index (χ1v) is 7.04. The molecule has 1 atom stereocenters. The van der Waals surface area contributed by atoms with Gasteiger partial charge in [0.05, 0.1) is 0 Å². The second kappa shape index (κ2) is 5.85. The average molecular weight is 311 g/mol. The lowest BCUT2D eigenvalue weighted by molar-refractivity contribution is 0.112. The molecule has 0 N–H and O–H groups in total. The van der Waals surface area contributed by atoms with Gasteiger partial charge in [-0.25, -0.2) is 0 Å². The minimum Gasteiger partial charge on any atom is -0.374 e. The van der Waals surface area contributed by atoms with E-state index in [2.05, 4.69) is 39.8 Å². The third-order valence-corrected chi connectivity index (χ3v) is 4.26. The highest BCUT2D eigenvalue weighted by Gasteiger charge is 2.20. The van der Waals surface area contributed by atoms with Crippen LogP contribution in [0.25, 0.3) is 0 Å². The lowest BCUT2D eigenvalue weighted by Crippen LogP contribution is -2.27. The molecule has 0 saturated carbocycles. The van der Waals surface area contributed by atoms with Crippen molar-refractivity contribution in [2.24, 2.45) is 5.92 Å². The minimum atomic E-state index is 0.702. The number of nitrogens with zero attached hydrogens (tertiary/aromatic N) is 2. The topological polar surface area (TPSA) is 23.6 Å². The summed E-state index contributed by atoms with van der Waals surface area (Å²) in [5.41, 5.74) is 1.86. The van der Waals surface area contributed by atoms with Crippen LogP contribution < -0.4 is 4.90 Å². The van der Waals surface area contributed by atoms with Crippen molar-refractivity contribution in [1.29, 1.82) is 0 Å². The van der Waals surface area contributed by atoms with Crippen molar-refractivity contribution >= 4 is 27.9 Å². The molecule has 1 unspecified atom stereocenters. The van der Waals surface area contributed by atoms with Crippen LogP contribution in [-0.4, -0.2) is 44.9 Å². The Bertz CT molecular complexity index is 436. The third kappa shape index (κ3) is 3.12. The summed E-state index contributed by atoms with van der Waals surface area (Å²) in [5.74, 6) is 0.740. The molecule has 1 aliphatic heterocycles. The molecule has 0 amide bonds. The van der Waals surface area contributed by atoms with E-state index in [1.165, 1.54) is 19.5 Å². The summed E-state index contributed by atoms with van der Waals surface area (Å²) in [6, 6.07) is 5.89. The minimum absolute atomic E-state index is 0.702. The van der Waals surface area contributed by atoms with E-state index < -0.39 is 0 Å². The van der Waals surface area contributed by atoms with Crippen molar-refractivity contribution in [3.8, 4) is 0 Å². The van der Waals surface area contributed by atoms with Crippen LogP contribution in [0.3, 0.4) is 0 Å². The molecule has 1 aromatic rings. The maximum absolute atomic E-state index is 10.8. The van der Waals surface area contributed by atoms with Gasteiger partial charge < -0.3 is 9.80 Å². The zero-order valence-corrected chi connectivity index (χ0v) is 12.5. The molecule has 3 nitrogen and oxygen atoms in total. The number of carbonyl (C=O) groups is 1. The van der Waals surface area contributed by atoms with Gasteiger partial charge in [-0.3, -0.25) is 4.79 Å². The number of halogens is 1. The number of likely N-dealkylation sites (tertiary alicyclic amines) is 1. The van der Waals surface area contributed by atoms with Crippen LogP contribution in [-0.2, 0) is 0 Å². The Morgan fingerprint density at radius 3 is 2.89 bits per heavy atom. The molecular formula is C14H19BrN2O. The number of hydrogen-bond donors (Lipinski definition) is 0. The number of carbonyl (C=O) groups excluding carboxylic acids is 1. The molecular weight excluding hydrogens is 292 g/mol. The molecule has 18 heavy (non-hydrogen) atoms. The number of rotatable bonds is 4. The predicted molar refractivity (Wildman–Crippen MR) is 78.4 cm³/mol. The van der Waals surface area contributed by atoms with Crippen molar-refractivity contribution in [3.05, 3.63) is 28.2 Å². The Morgan fingerprint density at radius 2 is 2.33 bits per heavy atom. The molecule has 1 saturated heterocycles. The van der Waals surface area contributed by atoms with Gasteiger partial charge in [-0.2, -0.15) is 0 Å². The van der Waals surface area contributed by atoms with E-state index in [4.69, 9.17) is 0 Å². The summed E-state index contributed by atoms with van der Waals surface area (Å²) >= 11 is 3.43. The molecule has 1 aliphatic rings. The molecule has 0 bridgehead atoms. The van der Waals surface area contributed by atoms with Crippen LogP contribution in [0.4, 0.5) is 5.69 Å². The highest BCUT2D eigenvalue weighted by atomic mass is 79.9. The van der Waals surface area contributed by atoms with E-state index >= 15 is 0 Å². The van der Waals surface area contributed by atoms with Crippen LogP contribution in [0.2, 0.25) is 0 Å².